The summed E-state index contributed by atoms with van der Waals surface area (Å²) in [6, 6.07) is 0. The monoisotopic (exact) mass is 392 g/mol. The first kappa shape index (κ1) is 19.9. The van der Waals surface area contributed by atoms with E-state index in [9.17, 15) is 14.7 Å². The lowest BCUT2D eigenvalue weighted by molar-refractivity contribution is -0.180. The van der Waals surface area contributed by atoms with Crippen LogP contribution in [-0.2, 0) is 23.8 Å². The molecule has 0 aromatic heterocycles. The zero-order valence-corrected chi connectivity index (χ0v) is 17.3. The van der Waals surface area contributed by atoms with Crippen molar-refractivity contribution >= 4 is 11.9 Å². The minimum Gasteiger partial charge on any atom is -0.459 e. The molecule has 2 bridgehead atoms. The van der Waals surface area contributed by atoms with E-state index in [1.54, 1.807) is 0 Å². The van der Waals surface area contributed by atoms with Crippen molar-refractivity contribution in [1.29, 1.82) is 0 Å². The van der Waals surface area contributed by atoms with Gasteiger partial charge < -0.3 is 19.3 Å². The molecule has 0 spiro atoms. The molecule has 0 unspecified atom stereocenters. The fourth-order valence-electron chi connectivity index (χ4n) is 6.43. The van der Waals surface area contributed by atoms with Crippen LogP contribution in [0.25, 0.3) is 0 Å². The number of aliphatic hydroxyl groups is 1. The van der Waals surface area contributed by atoms with Gasteiger partial charge in [-0.2, -0.15) is 0 Å². The van der Waals surface area contributed by atoms with Gasteiger partial charge in [0.1, 0.15) is 17.3 Å². The lowest BCUT2D eigenvalue weighted by atomic mass is 9.58. The second-order valence-corrected chi connectivity index (χ2v) is 9.75. The van der Waals surface area contributed by atoms with Crippen LogP contribution in [0.4, 0.5) is 0 Å². The van der Waals surface area contributed by atoms with E-state index in [0.717, 1.165) is 12.0 Å². The van der Waals surface area contributed by atoms with Crippen LogP contribution >= 0.6 is 0 Å². The molecule has 0 radical (unpaired) electrons. The normalized spacial score (nSPS) is 50.7. The van der Waals surface area contributed by atoms with Gasteiger partial charge in [-0.3, -0.25) is 9.59 Å². The molecule has 0 amide bonds. The topological polar surface area (TPSA) is 82.1 Å². The van der Waals surface area contributed by atoms with Crippen LogP contribution in [0, 0.1) is 23.7 Å². The van der Waals surface area contributed by atoms with Crippen molar-refractivity contribution < 1.29 is 28.9 Å². The molecule has 3 aliphatic heterocycles. The minimum absolute atomic E-state index is 0.0570. The number of carbonyl (C=O) groups excluding carboxylic acids is 2. The van der Waals surface area contributed by atoms with Gasteiger partial charge in [0, 0.05) is 18.8 Å². The number of aliphatic hydroxyl groups excluding tert-OH is 1. The third-order valence-corrected chi connectivity index (χ3v) is 7.84. The number of fused-ring (bicyclic) bond motifs is 2. The van der Waals surface area contributed by atoms with Crippen LogP contribution in [0.2, 0.25) is 0 Å². The predicted octanol–water partition coefficient (Wildman–Crippen LogP) is 2.77. The molecule has 4 fully saturated rings. The molecule has 1 N–H and O–H groups in total. The molecule has 28 heavy (non-hydrogen) atoms. The van der Waals surface area contributed by atoms with Crippen molar-refractivity contribution in [2.75, 3.05) is 0 Å². The summed E-state index contributed by atoms with van der Waals surface area (Å²) < 4.78 is 18.5. The first-order valence-electron chi connectivity index (χ1n) is 10.5. The second kappa shape index (κ2) is 6.56. The van der Waals surface area contributed by atoms with Gasteiger partial charge in [-0.25, -0.2) is 0 Å². The van der Waals surface area contributed by atoms with Crippen molar-refractivity contribution in [2.24, 2.45) is 23.7 Å². The Morgan fingerprint density at radius 1 is 1.29 bits per heavy atom. The Morgan fingerprint density at radius 3 is 2.68 bits per heavy atom. The van der Waals surface area contributed by atoms with Crippen LogP contribution in [0.3, 0.4) is 0 Å². The standard InChI is InChI=1S/C22H32O6/c1-11-10-16-18-17-14(6-8-21(18,4)27-13(3)23)12(2)20(25)28-22(5,19(17)26-16)9-7-15(11)24/h12,14-19,24H,1,6-10H2,2-5H3/t12-,14-,15-,16+,17+,18+,19+,21-,22+/m1/s1. The van der Waals surface area contributed by atoms with E-state index < -0.39 is 17.3 Å². The lowest BCUT2D eigenvalue weighted by Gasteiger charge is -2.48. The van der Waals surface area contributed by atoms with E-state index in [2.05, 4.69) is 6.58 Å². The van der Waals surface area contributed by atoms with Crippen molar-refractivity contribution in [3.8, 4) is 0 Å². The van der Waals surface area contributed by atoms with E-state index >= 15 is 0 Å². The third-order valence-electron chi connectivity index (χ3n) is 7.84. The quantitative estimate of drug-likeness (QED) is 0.546. The predicted molar refractivity (Wildman–Crippen MR) is 101 cm³/mol. The van der Waals surface area contributed by atoms with Crippen LogP contribution in [-0.4, -0.2) is 46.6 Å². The molecule has 156 valence electrons. The van der Waals surface area contributed by atoms with Crippen LogP contribution < -0.4 is 0 Å². The van der Waals surface area contributed by atoms with Crippen LogP contribution in [0.5, 0.6) is 0 Å². The summed E-state index contributed by atoms with van der Waals surface area (Å²) in [5, 5.41) is 10.6. The first-order chi connectivity index (χ1) is 13.1. The third kappa shape index (κ3) is 2.91. The average molecular weight is 392 g/mol. The highest BCUT2D eigenvalue weighted by Crippen LogP contribution is 2.59. The Balaban J connectivity index is 1.84. The second-order valence-electron chi connectivity index (χ2n) is 9.75. The van der Waals surface area contributed by atoms with E-state index in [4.69, 9.17) is 14.2 Å². The molecular formula is C22H32O6. The summed E-state index contributed by atoms with van der Waals surface area (Å²) in [5.74, 6) is -0.572. The van der Waals surface area contributed by atoms with Crippen molar-refractivity contribution in [3.63, 3.8) is 0 Å². The highest BCUT2D eigenvalue weighted by atomic mass is 16.6. The maximum Gasteiger partial charge on any atom is 0.309 e. The molecule has 3 heterocycles. The van der Waals surface area contributed by atoms with Crippen LogP contribution in [0.15, 0.2) is 12.2 Å². The maximum absolute atomic E-state index is 12.9. The molecule has 6 nitrogen and oxygen atoms in total. The molecule has 3 saturated heterocycles. The molecule has 1 saturated carbocycles. The largest absolute Gasteiger partial charge is 0.459 e. The fourth-order valence-corrected chi connectivity index (χ4v) is 6.43. The highest BCUT2D eigenvalue weighted by Gasteiger charge is 2.66. The number of rotatable bonds is 1. The van der Waals surface area contributed by atoms with E-state index in [0.29, 0.717) is 25.7 Å². The van der Waals surface area contributed by atoms with E-state index in [1.807, 2.05) is 20.8 Å². The molecule has 6 heteroatoms. The van der Waals surface area contributed by atoms with E-state index in [1.165, 1.54) is 6.92 Å². The molecular weight excluding hydrogens is 360 g/mol. The molecule has 0 aromatic carbocycles. The van der Waals surface area contributed by atoms with Gasteiger partial charge in [-0.1, -0.05) is 13.5 Å². The summed E-state index contributed by atoms with van der Waals surface area (Å²) in [7, 11) is 0. The summed E-state index contributed by atoms with van der Waals surface area (Å²) in [6.45, 7) is 11.4. The van der Waals surface area contributed by atoms with Gasteiger partial charge in [0.2, 0.25) is 0 Å². The van der Waals surface area contributed by atoms with Gasteiger partial charge >= 0.3 is 11.9 Å². The Hall–Kier alpha value is -1.40. The van der Waals surface area contributed by atoms with E-state index in [-0.39, 0.29) is 47.8 Å². The molecule has 4 aliphatic rings. The smallest absolute Gasteiger partial charge is 0.309 e. The minimum atomic E-state index is -0.808. The number of carbonyl (C=O) groups is 2. The van der Waals surface area contributed by atoms with Gasteiger partial charge in [-0.15, -0.1) is 0 Å². The number of esters is 2. The van der Waals surface area contributed by atoms with Gasteiger partial charge in [0.25, 0.3) is 0 Å². The Morgan fingerprint density at radius 2 is 2.00 bits per heavy atom. The van der Waals surface area contributed by atoms with Crippen molar-refractivity contribution in [3.05, 3.63) is 12.2 Å². The van der Waals surface area contributed by atoms with Gasteiger partial charge in [-0.05, 0) is 57.4 Å². The first-order valence-corrected chi connectivity index (χ1v) is 10.5. The Bertz CT molecular complexity index is 703. The SMILES string of the molecule is C=C1C[C@@H]2O[C@H]3[C@H]4[C@H](CC[C@@](C)(OC(C)=O)[C@H]42)[C@@H](C)C(=O)O[C@@]3(C)CC[C@H]1O. The average Bonchev–Trinajstić information content (AvgIpc) is 2.97. The van der Waals surface area contributed by atoms with Gasteiger partial charge in [0.05, 0.1) is 18.1 Å². The number of ether oxygens (including phenoxy) is 3. The highest BCUT2D eigenvalue weighted by molar-refractivity contribution is 5.73. The zero-order valence-electron chi connectivity index (χ0n) is 17.3. The van der Waals surface area contributed by atoms with Gasteiger partial charge in [0.15, 0.2) is 0 Å². The van der Waals surface area contributed by atoms with Crippen molar-refractivity contribution in [2.45, 2.75) is 89.3 Å². The maximum atomic E-state index is 12.9. The zero-order chi connectivity index (χ0) is 20.4. The molecule has 1 aliphatic carbocycles. The van der Waals surface area contributed by atoms with Crippen molar-refractivity contribution in [1.82, 2.24) is 0 Å². The summed E-state index contributed by atoms with van der Waals surface area (Å²) in [6.07, 6.45) is 1.89. The summed E-state index contributed by atoms with van der Waals surface area (Å²) in [5.41, 5.74) is -0.734. The molecule has 0 aromatic rings. The Labute approximate surface area is 166 Å². The number of hydrogen-bond donors (Lipinski definition) is 1. The Kier molecular flexibility index (Phi) is 4.66. The lowest BCUT2D eigenvalue weighted by Crippen LogP contribution is -2.54. The summed E-state index contributed by atoms with van der Waals surface area (Å²) >= 11 is 0. The molecule has 9 atom stereocenters. The summed E-state index contributed by atoms with van der Waals surface area (Å²) in [4.78, 5) is 24.8. The molecule has 4 rings (SSSR count). The van der Waals surface area contributed by atoms with Crippen LogP contribution in [0.1, 0.15) is 59.8 Å². The number of hydrogen-bond acceptors (Lipinski definition) is 6. The fraction of sp³-hybridized carbons (Fsp3) is 0.818.